The van der Waals surface area contributed by atoms with Crippen LogP contribution in [0.25, 0.3) is 5.65 Å². The predicted octanol–water partition coefficient (Wildman–Crippen LogP) is 3.25. The second-order valence-corrected chi connectivity index (χ2v) is 12.0. The fraction of sp³-hybridized carbons (Fsp3) is 0.727. The molecule has 9 heteroatoms. The minimum absolute atomic E-state index is 0.226. The minimum Gasteiger partial charge on any atom is -0.493 e. The third kappa shape index (κ3) is 3.40. The lowest BCUT2D eigenvalue weighted by atomic mass is 9.50. The molecule has 0 spiro atoms. The summed E-state index contributed by atoms with van der Waals surface area (Å²) in [6.45, 7) is 3.97. The van der Waals surface area contributed by atoms with Crippen molar-refractivity contribution < 1.29 is 13.2 Å². The highest BCUT2D eigenvalue weighted by molar-refractivity contribution is 7.90. The summed E-state index contributed by atoms with van der Waals surface area (Å²) in [6.07, 6.45) is 11.8. The quantitative estimate of drug-likeness (QED) is 0.707. The molecule has 0 atom stereocenters. The summed E-state index contributed by atoms with van der Waals surface area (Å²) in [5.74, 6) is 3.80. The van der Waals surface area contributed by atoms with Crippen molar-refractivity contribution in [2.45, 2.75) is 58.3 Å². The Labute approximate surface area is 183 Å². The number of hydrogen-bond donors (Lipinski definition) is 1. The summed E-state index contributed by atoms with van der Waals surface area (Å²) in [6, 6.07) is 1.91. The standard InChI is InChI=1S/C22H31N5O3S/c1-2-18-13-27-20(23-24-21(27)25-31(28,29)26-4-3-5-26)9-19(18)30-14-22-10-15-6-16(11-22)8-17(7-15)12-22/h9,13,15-17H,2-8,10-12,14H2,1H3,(H,24,25). The second kappa shape index (κ2) is 7.07. The van der Waals surface area contributed by atoms with Gasteiger partial charge in [-0.05, 0) is 69.1 Å². The van der Waals surface area contributed by atoms with Gasteiger partial charge < -0.3 is 4.74 Å². The first kappa shape index (κ1) is 19.8. The summed E-state index contributed by atoms with van der Waals surface area (Å²) in [5, 5.41) is 8.30. The van der Waals surface area contributed by atoms with Gasteiger partial charge in [0.25, 0.3) is 0 Å². The normalized spacial score (nSPS) is 32.4. The number of aromatic nitrogens is 3. The van der Waals surface area contributed by atoms with Gasteiger partial charge in [-0.2, -0.15) is 12.7 Å². The van der Waals surface area contributed by atoms with Crippen molar-refractivity contribution in [2.75, 3.05) is 24.4 Å². The minimum atomic E-state index is -3.58. The Balaban J connectivity index is 1.24. The number of nitrogens with zero attached hydrogens (tertiary/aromatic N) is 4. The largest absolute Gasteiger partial charge is 0.493 e. The number of hydrogen-bond acceptors (Lipinski definition) is 5. The molecule has 2 aromatic heterocycles. The molecule has 5 aliphatic rings. The van der Waals surface area contributed by atoms with Gasteiger partial charge in [-0.25, -0.2) is 4.72 Å². The van der Waals surface area contributed by atoms with E-state index in [1.54, 1.807) is 4.40 Å². The van der Waals surface area contributed by atoms with Crippen molar-refractivity contribution in [1.82, 2.24) is 18.9 Å². The summed E-state index contributed by atoms with van der Waals surface area (Å²) >= 11 is 0. The molecule has 4 aliphatic carbocycles. The van der Waals surface area contributed by atoms with Gasteiger partial charge in [0.15, 0.2) is 5.65 Å². The molecule has 8 nitrogen and oxygen atoms in total. The number of nitrogens with one attached hydrogen (secondary N) is 1. The first-order chi connectivity index (χ1) is 14.9. The summed E-state index contributed by atoms with van der Waals surface area (Å²) in [7, 11) is -3.58. The number of anilines is 1. The zero-order valence-corrected chi connectivity index (χ0v) is 18.9. The van der Waals surface area contributed by atoms with Crippen molar-refractivity contribution >= 4 is 21.8 Å². The molecule has 1 saturated heterocycles. The molecule has 4 saturated carbocycles. The van der Waals surface area contributed by atoms with Gasteiger partial charge in [0.05, 0.1) is 6.61 Å². The molecule has 0 amide bonds. The number of rotatable bonds is 7. The van der Waals surface area contributed by atoms with Crippen LogP contribution >= 0.6 is 0 Å². The van der Waals surface area contributed by atoms with Crippen LogP contribution in [0.15, 0.2) is 12.3 Å². The van der Waals surface area contributed by atoms with E-state index in [0.29, 0.717) is 24.2 Å². The SMILES string of the molecule is CCc1cn2c(NS(=O)(=O)N3CCC3)nnc2cc1OCC12CC3CC(CC(C3)C1)C2. The number of fused-ring (bicyclic) bond motifs is 1. The average molecular weight is 446 g/mol. The fourth-order valence-electron chi connectivity index (χ4n) is 6.83. The Morgan fingerprint density at radius 2 is 1.81 bits per heavy atom. The molecule has 0 unspecified atom stereocenters. The van der Waals surface area contributed by atoms with E-state index in [9.17, 15) is 8.42 Å². The van der Waals surface area contributed by atoms with Gasteiger partial charge >= 0.3 is 10.2 Å². The van der Waals surface area contributed by atoms with E-state index < -0.39 is 10.2 Å². The highest BCUT2D eigenvalue weighted by atomic mass is 32.2. The molecular formula is C22H31N5O3S. The third-order valence-corrected chi connectivity index (χ3v) is 9.52. The maximum atomic E-state index is 12.5. The highest BCUT2D eigenvalue weighted by Gasteiger charge is 2.51. The van der Waals surface area contributed by atoms with Gasteiger partial charge in [-0.15, -0.1) is 10.2 Å². The molecule has 0 aromatic carbocycles. The predicted molar refractivity (Wildman–Crippen MR) is 117 cm³/mol. The molecule has 7 rings (SSSR count). The van der Waals surface area contributed by atoms with E-state index in [2.05, 4.69) is 21.8 Å². The van der Waals surface area contributed by atoms with E-state index in [0.717, 1.165) is 48.5 Å². The average Bonchev–Trinajstić information content (AvgIpc) is 3.03. The van der Waals surface area contributed by atoms with Crippen LogP contribution in [0.1, 0.15) is 57.4 Å². The van der Waals surface area contributed by atoms with Gasteiger partial charge in [0, 0.05) is 36.3 Å². The van der Waals surface area contributed by atoms with Crippen LogP contribution in [0.4, 0.5) is 5.95 Å². The molecule has 1 aliphatic heterocycles. The van der Waals surface area contributed by atoms with Crippen molar-refractivity contribution in [3.63, 3.8) is 0 Å². The zero-order valence-electron chi connectivity index (χ0n) is 18.1. The number of aryl methyl sites for hydroxylation is 1. The molecule has 3 heterocycles. The molecule has 1 N–H and O–H groups in total. The van der Waals surface area contributed by atoms with Crippen LogP contribution in [0.3, 0.4) is 0 Å². The van der Waals surface area contributed by atoms with Crippen LogP contribution in [0.2, 0.25) is 0 Å². The van der Waals surface area contributed by atoms with Crippen LogP contribution in [0.5, 0.6) is 5.75 Å². The van der Waals surface area contributed by atoms with Crippen molar-refractivity contribution in [2.24, 2.45) is 23.2 Å². The van der Waals surface area contributed by atoms with E-state index in [1.165, 1.54) is 42.8 Å². The van der Waals surface area contributed by atoms with E-state index in [-0.39, 0.29) is 5.95 Å². The Morgan fingerprint density at radius 1 is 1.13 bits per heavy atom. The van der Waals surface area contributed by atoms with E-state index in [4.69, 9.17) is 4.74 Å². The lowest BCUT2D eigenvalue weighted by molar-refractivity contribution is -0.0746. The molecule has 168 valence electrons. The van der Waals surface area contributed by atoms with Crippen molar-refractivity contribution in [1.29, 1.82) is 0 Å². The third-order valence-electron chi connectivity index (χ3n) is 8.04. The molecule has 4 bridgehead atoms. The van der Waals surface area contributed by atoms with Crippen LogP contribution in [-0.2, 0) is 16.6 Å². The van der Waals surface area contributed by atoms with Crippen molar-refractivity contribution in [3.05, 3.63) is 17.8 Å². The number of ether oxygens (including phenoxy) is 1. The zero-order chi connectivity index (χ0) is 21.2. The van der Waals surface area contributed by atoms with E-state index >= 15 is 0 Å². The van der Waals surface area contributed by atoms with E-state index in [1.807, 2.05) is 12.3 Å². The van der Waals surface area contributed by atoms with Crippen LogP contribution < -0.4 is 9.46 Å². The van der Waals surface area contributed by atoms with Gasteiger partial charge in [0.1, 0.15) is 5.75 Å². The molecule has 5 fully saturated rings. The molecule has 0 radical (unpaired) electrons. The first-order valence-electron chi connectivity index (χ1n) is 11.7. The smallest absolute Gasteiger partial charge is 0.303 e. The summed E-state index contributed by atoms with van der Waals surface area (Å²) in [4.78, 5) is 0. The Bertz CT molecular complexity index is 1070. The monoisotopic (exact) mass is 445 g/mol. The van der Waals surface area contributed by atoms with Gasteiger partial charge in [-0.1, -0.05) is 6.92 Å². The first-order valence-corrected chi connectivity index (χ1v) is 13.2. The number of pyridine rings is 1. The van der Waals surface area contributed by atoms with Gasteiger partial charge in [-0.3, -0.25) is 4.40 Å². The fourth-order valence-corrected chi connectivity index (χ4v) is 8.07. The Morgan fingerprint density at radius 3 is 2.39 bits per heavy atom. The molecule has 2 aromatic rings. The molecular weight excluding hydrogens is 414 g/mol. The highest BCUT2D eigenvalue weighted by Crippen LogP contribution is 2.60. The van der Waals surface area contributed by atoms with Crippen LogP contribution in [0, 0.1) is 23.2 Å². The topological polar surface area (TPSA) is 88.8 Å². The Hall–Kier alpha value is -1.87. The lowest BCUT2D eigenvalue weighted by Crippen LogP contribution is -2.48. The van der Waals surface area contributed by atoms with Crippen molar-refractivity contribution in [3.8, 4) is 5.75 Å². The summed E-state index contributed by atoms with van der Waals surface area (Å²) in [5.41, 5.74) is 1.98. The maximum Gasteiger partial charge on any atom is 0.303 e. The molecule has 31 heavy (non-hydrogen) atoms. The Kier molecular flexibility index (Phi) is 4.51. The van der Waals surface area contributed by atoms with Crippen LogP contribution in [-0.4, -0.2) is 47.0 Å². The summed E-state index contributed by atoms with van der Waals surface area (Å²) < 4.78 is 37.1. The maximum absolute atomic E-state index is 12.5. The van der Waals surface area contributed by atoms with Gasteiger partial charge in [0.2, 0.25) is 5.95 Å². The lowest BCUT2D eigenvalue weighted by Gasteiger charge is -2.56. The second-order valence-electron chi connectivity index (χ2n) is 10.3.